The molecule has 4 heteroatoms. The van der Waals surface area contributed by atoms with Crippen LogP contribution >= 0.6 is 0 Å². The van der Waals surface area contributed by atoms with Gasteiger partial charge in [-0.1, -0.05) is 24.3 Å². The van der Waals surface area contributed by atoms with Crippen molar-refractivity contribution in [2.24, 2.45) is 0 Å². The maximum atomic E-state index is 5.80. The Labute approximate surface area is 118 Å². The molecular weight excluding hydrogens is 254 g/mol. The molecular formula is C16H17NO3. The number of benzene rings is 2. The molecule has 20 heavy (non-hydrogen) atoms. The molecule has 4 nitrogen and oxygen atoms in total. The second-order valence-electron chi connectivity index (χ2n) is 4.58. The number of hydrogen-bond donors (Lipinski definition) is 1. The summed E-state index contributed by atoms with van der Waals surface area (Å²) < 4.78 is 16.5. The first-order chi connectivity index (χ1) is 9.86. The van der Waals surface area contributed by atoms with E-state index in [-0.39, 0.29) is 6.04 Å². The molecule has 2 aromatic carbocycles. The number of hydrogen-bond acceptors (Lipinski definition) is 4. The zero-order valence-corrected chi connectivity index (χ0v) is 11.3. The molecule has 0 saturated carbocycles. The Balaban J connectivity index is 1.70. The lowest BCUT2D eigenvalue weighted by molar-refractivity contribution is 0.174. The lowest BCUT2D eigenvalue weighted by atomic mass is 10.1. The van der Waals surface area contributed by atoms with Crippen LogP contribution in [0.5, 0.6) is 17.2 Å². The van der Waals surface area contributed by atoms with Crippen LogP contribution in [0.25, 0.3) is 0 Å². The molecule has 0 spiro atoms. The zero-order chi connectivity index (χ0) is 13.8. The molecule has 2 aromatic rings. The Morgan fingerprint density at radius 2 is 1.90 bits per heavy atom. The van der Waals surface area contributed by atoms with Crippen LogP contribution in [0.3, 0.4) is 0 Å². The zero-order valence-electron chi connectivity index (χ0n) is 11.3. The van der Waals surface area contributed by atoms with Gasteiger partial charge >= 0.3 is 0 Å². The lowest BCUT2D eigenvalue weighted by Gasteiger charge is -2.17. The topological polar surface area (TPSA) is 39.7 Å². The van der Waals surface area contributed by atoms with Crippen molar-refractivity contribution in [3.05, 3.63) is 54.1 Å². The highest BCUT2D eigenvalue weighted by Gasteiger charge is 2.17. The summed E-state index contributed by atoms with van der Waals surface area (Å²) in [6.45, 7) is 0.851. The van der Waals surface area contributed by atoms with E-state index >= 15 is 0 Å². The van der Waals surface area contributed by atoms with Gasteiger partial charge in [0.1, 0.15) is 12.4 Å². The lowest BCUT2D eigenvalue weighted by Crippen LogP contribution is -2.23. The molecule has 0 amide bonds. The number of ether oxygens (including phenoxy) is 3. The standard InChI is InChI=1S/C16H17NO3/c1-17-14(10-18-13-5-3-2-4-6-13)12-7-8-15-16(9-12)20-11-19-15/h2-9,14,17H,10-11H2,1H3. The molecule has 1 heterocycles. The second kappa shape index (κ2) is 5.84. The van der Waals surface area contributed by atoms with E-state index in [1.165, 1.54) is 0 Å². The van der Waals surface area contributed by atoms with Crippen molar-refractivity contribution in [3.63, 3.8) is 0 Å². The summed E-state index contributed by atoms with van der Waals surface area (Å²) in [6, 6.07) is 15.9. The number of fused-ring (bicyclic) bond motifs is 1. The number of para-hydroxylation sites is 1. The van der Waals surface area contributed by atoms with Crippen molar-refractivity contribution in [2.45, 2.75) is 6.04 Å². The van der Waals surface area contributed by atoms with Gasteiger partial charge in [0, 0.05) is 0 Å². The summed E-state index contributed by atoms with van der Waals surface area (Å²) in [5.74, 6) is 2.46. The van der Waals surface area contributed by atoms with E-state index in [9.17, 15) is 0 Å². The van der Waals surface area contributed by atoms with Crippen molar-refractivity contribution in [1.29, 1.82) is 0 Å². The van der Waals surface area contributed by atoms with Gasteiger partial charge in [-0.15, -0.1) is 0 Å². The van der Waals surface area contributed by atoms with Gasteiger partial charge in [0.2, 0.25) is 6.79 Å². The average molecular weight is 271 g/mol. The summed E-state index contributed by atoms with van der Waals surface area (Å²) in [7, 11) is 1.92. The summed E-state index contributed by atoms with van der Waals surface area (Å²) >= 11 is 0. The van der Waals surface area contributed by atoms with Crippen molar-refractivity contribution in [1.82, 2.24) is 5.32 Å². The maximum absolute atomic E-state index is 5.80. The summed E-state index contributed by atoms with van der Waals surface area (Å²) in [6.07, 6.45) is 0. The Morgan fingerprint density at radius 3 is 2.70 bits per heavy atom. The quantitative estimate of drug-likeness (QED) is 0.907. The minimum atomic E-state index is 0.102. The Morgan fingerprint density at radius 1 is 1.10 bits per heavy atom. The second-order valence-corrected chi connectivity index (χ2v) is 4.58. The summed E-state index contributed by atoms with van der Waals surface area (Å²) in [4.78, 5) is 0. The van der Waals surface area contributed by atoms with Crippen LogP contribution in [0.15, 0.2) is 48.5 Å². The van der Waals surface area contributed by atoms with Crippen molar-refractivity contribution in [2.75, 3.05) is 20.4 Å². The fourth-order valence-electron chi connectivity index (χ4n) is 2.17. The third-order valence-electron chi connectivity index (χ3n) is 3.31. The fourth-order valence-corrected chi connectivity index (χ4v) is 2.17. The highest BCUT2D eigenvalue weighted by molar-refractivity contribution is 5.45. The normalized spacial score (nSPS) is 14.1. The van der Waals surface area contributed by atoms with Gasteiger partial charge < -0.3 is 19.5 Å². The molecule has 1 atom stereocenters. The first-order valence-electron chi connectivity index (χ1n) is 6.61. The SMILES string of the molecule is CNC(COc1ccccc1)c1ccc2c(c1)OCO2. The van der Waals surface area contributed by atoms with E-state index < -0.39 is 0 Å². The molecule has 1 unspecified atom stereocenters. The van der Waals surface area contributed by atoms with Crippen molar-refractivity contribution < 1.29 is 14.2 Å². The molecule has 3 rings (SSSR count). The molecule has 1 N–H and O–H groups in total. The van der Waals surface area contributed by atoms with E-state index in [0.717, 1.165) is 22.8 Å². The van der Waals surface area contributed by atoms with Crippen LogP contribution < -0.4 is 19.5 Å². The van der Waals surface area contributed by atoms with Crippen molar-refractivity contribution >= 4 is 0 Å². The molecule has 1 aliphatic rings. The molecule has 0 aliphatic carbocycles. The van der Waals surface area contributed by atoms with Crippen LogP contribution in [0.1, 0.15) is 11.6 Å². The van der Waals surface area contributed by atoms with Gasteiger partial charge in [0.25, 0.3) is 0 Å². The monoisotopic (exact) mass is 271 g/mol. The number of nitrogens with one attached hydrogen (secondary N) is 1. The smallest absolute Gasteiger partial charge is 0.231 e. The first-order valence-corrected chi connectivity index (χ1v) is 6.61. The molecule has 0 fully saturated rings. The fraction of sp³-hybridized carbons (Fsp3) is 0.250. The minimum absolute atomic E-state index is 0.102. The van der Waals surface area contributed by atoms with Gasteiger partial charge in [-0.25, -0.2) is 0 Å². The predicted molar refractivity (Wildman–Crippen MR) is 76.3 cm³/mol. The van der Waals surface area contributed by atoms with E-state index in [1.54, 1.807) is 0 Å². The maximum Gasteiger partial charge on any atom is 0.231 e. The van der Waals surface area contributed by atoms with Crippen LogP contribution in [0.2, 0.25) is 0 Å². The van der Waals surface area contributed by atoms with Crippen molar-refractivity contribution in [3.8, 4) is 17.2 Å². The Hall–Kier alpha value is -2.20. The van der Waals surface area contributed by atoms with Crippen LogP contribution in [-0.2, 0) is 0 Å². The Kier molecular flexibility index (Phi) is 3.74. The van der Waals surface area contributed by atoms with Gasteiger partial charge in [0.15, 0.2) is 11.5 Å². The molecule has 0 aromatic heterocycles. The van der Waals surface area contributed by atoms with E-state index in [1.807, 2.05) is 55.6 Å². The van der Waals surface area contributed by atoms with E-state index in [0.29, 0.717) is 13.4 Å². The van der Waals surface area contributed by atoms with Crippen LogP contribution in [0, 0.1) is 0 Å². The van der Waals surface area contributed by atoms with Crippen LogP contribution in [-0.4, -0.2) is 20.4 Å². The molecule has 0 radical (unpaired) electrons. The van der Waals surface area contributed by atoms with Gasteiger partial charge in [-0.05, 0) is 36.9 Å². The van der Waals surface area contributed by atoms with Gasteiger partial charge in [-0.2, -0.15) is 0 Å². The molecule has 104 valence electrons. The number of likely N-dealkylation sites (N-methyl/N-ethyl adjacent to an activating group) is 1. The largest absolute Gasteiger partial charge is 0.492 e. The Bertz CT molecular complexity index is 571. The predicted octanol–water partition coefficient (Wildman–Crippen LogP) is 2.75. The van der Waals surface area contributed by atoms with E-state index in [2.05, 4.69) is 5.32 Å². The van der Waals surface area contributed by atoms with Gasteiger partial charge in [-0.3, -0.25) is 0 Å². The summed E-state index contributed by atoms with van der Waals surface area (Å²) in [5.41, 5.74) is 1.12. The third-order valence-corrected chi connectivity index (χ3v) is 3.31. The van der Waals surface area contributed by atoms with Gasteiger partial charge in [0.05, 0.1) is 6.04 Å². The molecule has 1 aliphatic heterocycles. The minimum Gasteiger partial charge on any atom is -0.492 e. The van der Waals surface area contributed by atoms with Crippen LogP contribution in [0.4, 0.5) is 0 Å². The third kappa shape index (κ3) is 2.70. The molecule has 0 bridgehead atoms. The molecule has 0 saturated heterocycles. The number of rotatable bonds is 5. The summed E-state index contributed by atoms with van der Waals surface area (Å²) in [5, 5.41) is 3.26. The first kappa shape index (κ1) is 12.8. The highest BCUT2D eigenvalue weighted by atomic mass is 16.7. The van der Waals surface area contributed by atoms with E-state index in [4.69, 9.17) is 14.2 Å². The highest BCUT2D eigenvalue weighted by Crippen LogP contribution is 2.34. The average Bonchev–Trinajstić information content (AvgIpc) is 2.96.